The van der Waals surface area contributed by atoms with E-state index in [-0.39, 0.29) is 35.1 Å². The molecule has 0 unspecified atom stereocenters. The maximum Gasteiger partial charge on any atom is 0.244 e. The van der Waals surface area contributed by atoms with Crippen LogP contribution in [0.5, 0.6) is 0 Å². The Labute approximate surface area is 200 Å². The van der Waals surface area contributed by atoms with Gasteiger partial charge in [0.2, 0.25) is 11.8 Å². The minimum Gasteiger partial charge on any atom is -0.392 e. The molecule has 2 aliphatic rings. The lowest BCUT2D eigenvalue weighted by molar-refractivity contribution is -0.131. The van der Waals surface area contributed by atoms with E-state index >= 15 is 0 Å². The van der Waals surface area contributed by atoms with E-state index in [1.54, 1.807) is 48.3 Å². The standard InChI is InChI=1S/C24H28N4O5S/c1-27(21(14-28-8-7-19(29)13-28)18-4-2-3-17(9-18)12-25)24(31)11-16-5-6-22-20(10-16)26-23(30)15-34(22,32)33/h2-6,9-10,19,21,29,32-33H,7-8,11,13-15H2,1H3,(H,26,30)/t19-,21+/m0/s1. The van der Waals surface area contributed by atoms with Crippen LogP contribution in [-0.4, -0.2) is 74.4 Å². The molecule has 0 aliphatic carbocycles. The van der Waals surface area contributed by atoms with E-state index < -0.39 is 16.5 Å². The molecule has 4 N–H and O–H groups in total. The van der Waals surface area contributed by atoms with Crippen molar-refractivity contribution in [2.75, 3.05) is 37.8 Å². The molecule has 10 heteroatoms. The fourth-order valence-corrected chi connectivity index (χ4v) is 5.82. The SMILES string of the molecule is CN(C(=O)Cc1ccc2c(c1)NC(=O)CS2(O)O)[C@H](CN1CC[C@H](O)C1)c1cccc(C#N)c1. The maximum absolute atomic E-state index is 13.3. The molecule has 2 heterocycles. The van der Waals surface area contributed by atoms with Gasteiger partial charge in [-0.05, 0) is 41.8 Å². The highest BCUT2D eigenvalue weighted by atomic mass is 32.3. The van der Waals surface area contributed by atoms with Gasteiger partial charge < -0.3 is 15.3 Å². The van der Waals surface area contributed by atoms with E-state index in [1.807, 2.05) is 6.07 Å². The van der Waals surface area contributed by atoms with Crippen LogP contribution in [0.1, 0.15) is 29.2 Å². The summed E-state index contributed by atoms with van der Waals surface area (Å²) in [4.78, 5) is 29.2. The summed E-state index contributed by atoms with van der Waals surface area (Å²) in [7, 11) is -1.47. The Kier molecular flexibility index (Phi) is 6.93. The average Bonchev–Trinajstić information content (AvgIpc) is 3.20. The Morgan fingerprint density at radius 3 is 2.82 bits per heavy atom. The number of anilines is 1. The predicted molar refractivity (Wildman–Crippen MR) is 128 cm³/mol. The van der Waals surface area contributed by atoms with Crippen molar-refractivity contribution >= 4 is 28.1 Å². The number of hydrogen-bond donors (Lipinski definition) is 4. The number of fused-ring (bicyclic) bond motifs is 1. The summed E-state index contributed by atoms with van der Waals surface area (Å²) in [5.74, 6) is -1.01. The summed E-state index contributed by atoms with van der Waals surface area (Å²) in [6.07, 6.45) is 0.351. The number of amides is 2. The molecule has 2 atom stereocenters. The molecule has 0 spiro atoms. The van der Waals surface area contributed by atoms with Crippen molar-refractivity contribution in [3.63, 3.8) is 0 Å². The molecule has 4 rings (SSSR count). The van der Waals surface area contributed by atoms with Crippen LogP contribution in [0.4, 0.5) is 5.69 Å². The van der Waals surface area contributed by atoms with Crippen LogP contribution in [0.25, 0.3) is 0 Å². The molecule has 0 saturated carbocycles. The summed E-state index contributed by atoms with van der Waals surface area (Å²) in [5, 5.41) is 21.9. The lowest BCUT2D eigenvalue weighted by Crippen LogP contribution is -2.39. The van der Waals surface area contributed by atoms with Crippen molar-refractivity contribution in [1.29, 1.82) is 5.26 Å². The highest BCUT2D eigenvalue weighted by Gasteiger charge is 2.31. The van der Waals surface area contributed by atoms with Crippen LogP contribution in [-0.2, 0) is 16.0 Å². The molecule has 2 aliphatic heterocycles. The molecule has 0 radical (unpaired) electrons. The third-order valence-corrected chi connectivity index (χ3v) is 8.02. The van der Waals surface area contributed by atoms with Gasteiger partial charge in [-0.3, -0.25) is 23.6 Å². The molecule has 0 bridgehead atoms. The Bertz CT molecular complexity index is 1150. The van der Waals surface area contributed by atoms with Crippen LogP contribution in [0.2, 0.25) is 0 Å². The van der Waals surface area contributed by atoms with Crippen molar-refractivity contribution in [2.45, 2.75) is 29.9 Å². The Morgan fingerprint density at radius 1 is 1.32 bits per heavy atom. The number of β-amino-alcohol motifs (C(OH)–C–C–N with tert-alkyl or cyclic N) is 1. The molecular weight excluding hydrogens is 456 g/mol. The first-order valence-electron chi connectivity index (χ1n) is 11.0. The van der Waals surface area contributed by atoms with Crippen LogP contribution in [0, 0.1) is 11.3 Å². The zero-order valence-corrected chi connectivity index (χ0v) is 19.7. The minimum absolute atomic E-state index is 0.0515. The molecule has 2 amide bonds. The number of likely N-dealkylation sites (N-methyl/N-ethyl adjacent to an activating group) is 1. The Morgan fingerprint density at radius 2 is 2.12 bits per heavy atom. The zero-order valence-electron chi connectivity index (χ0n) is 18.8. The van der Waals surface area contributed by atoms with Crippen molar-refractivity contribution in [3.05, 3.63) is 59.2 Å². The van der Waals surface area contributed by atoms with E-state index in [1.165, 1.54) is 0 Å². The van der Waals surface area contributed by atoms with Crippen molar-refractivity contribution in [3.8, 4) is 6.07 Å². The molecule has 1 fully saturated rings. The van der Waals surface area contributed by atoms with E-state index in [0.717, 1.165) is 12.1 Å². The van der Waals surface area contributed by atoms with Gasteiger partial charge in [0.1, 0.15) is 5.75 Å². The van der Waals surface area contributed by atoms with Gasteiger partial charge in [0.25, 0.3) is 0 Å². The first-order chi connectivity index (χ1) is 16.2. The van der Waals surface area contributed by atoms with Crippen molar-refractivity contribution in [1.82, 2.24) is 9.80 Å². The smallest absolute Gasteiger partial charge is 0.244 e. The number of nitrogens with zero attached hydrogens (tertiary/aromatic N) is 3. The van der Waals surface area contributed by atoms with Gasteiger partial charge >= 0.3 is 0 Å². The maximum atomic E-state index is 13.3. The molecule has 9 nitrogen and oxygen atoms in total. The summed E-state index contributed by atoms with van der Waals surface area (Å²) in [6.45, 7) is 1.79. The monoisotopic (exact) mass is 484 g/mol. The molecular formula is C24H28N4O5S. The highest BCUT2D eigenvalue weighted by Crippen LogP contribution is 2.53. The third-order valence-electron chi connectivity index (χ3n) is 6.30. The lowest BCUT2D eigenvalue weighted by Gasteiger charge is -2.37. The number of nitrogens with one attached hydrogen (secondary N) is 1. The first-order valence-corrected chi connectivity index (χ1v) is 12.7. The van der Waals surface area contributed by atoms with E-state index in [2.05, 4.69) is 16.3 Å². The predicted octanol–water partition coefficient (Wildman–Crippen LogP) is 2.43. The quantitative estimate of drug-likeness (QED) is 0.494. The Hall–Kier alpha value is -2.94. The molecule has 0 aromatic heterocycles. The number of carbonyl (C=O) groups is 2. The zero-order chi connectivity index (χ0) is 24.5. The van der Waals surface area contributed by atoms with Gasteiger partial charge in [0.15, 0.2) is 0 Å². The number of aliphatic hydroxyl groups is 1. The number of carbonyl (C=O) groups excluding carboxylic acids is 2. The largest absolute Gasteiger partial charge is 0.392 e. The number of benzene rings is 2. The molecule has 180 valence electrons. The molecule has 2 aromatic carbocycles. The van der Waals surface area contributed by atoms with E-state index in [9.17, 15) is 29.1 Å². The van der Waals surface area contributed by atoms with Crippen LogP contribution in [0.3, 0.4) is 0 Å². The number of hydrogen-bond acceptors (Lipinski definition) is 7. The van der Waals surface area contributed by atoms with Gasteiger partial charge in [-0.2, -0.15) is 15.9 Å². The van der Waals surface area contributed by atoms with E-state index in [0.29, 0.717) is 36.3 Å². The van der Waals surface area contributed by atoms with Gasteiger partial charge in [0.05, 0.1) is 40.8 Å². The van der Waals surface area contributed by atoms with Gasteiger partial charge in [0, 0.05) is 26.7 Å². The van der Waals surface area contributed by atoms with Crippen molar-refractivity contribution in [2.24, 2.45) is 0 Å². The summed E-state index contributed by atoms with van der Waals surface area (Å²) in [5.41, 5.74) is 2.29. The molecule has 2 aromatic rings. The second kappa shape index (κ2) is 9.74. The summed E-state index contributed by atoms with van der Waals surface area (Å²) >= 11 is 0. The first kappa shape index (κ1) is 24.2. The van der Waals surface area contributed by atoms with Crippen LogP contribution in [0.15, 0.2) is 47.4 Å². The second-order valence-corrected chi connectivity index (χ2v) is 10.9. The van der Waals surface area contributed by atoms with Gasteiger partial charge in [-0.15, -0.1) is 0 Å². The molecule has 34 heavy (non-hydrogen) atoms. The number of nitriles is 1. The fraction of sp³-hybridized carbons (Fsp3) is 0.375. The summed E-state index contributed by atoms with van der Waals surface area (Å²) < 4.78 is 20.4. The van der Waals surface area contributed by atoms with E-state index in [4.69, 9.17) is 0 Å². The fourth-order valence-electron chi connectivity index (χ4n) is 4.48. The third kappa shape index (κ3) is 5.24. The Balaban J connectivity index is 1.56. The minimum atomic E-state index is -3.19. The van der Waals surface area contributed by atoms with Crippen LogP contribution >= 0.6 is 10.6 Å². The summed E-state index contributed by atoms with van der Waals surface area (Å²) in [6, 6.07) is 13.8. The van der Waals surface area contributed by atoms with Gasteiger partial charge in [-0.1, -0.05) is 18.2 Å². The van der Waals surface area contributed by atoms with Crippen LogP contribution < -0.4 is 5.32 Å². The number of aliphatic hydroxyl groups excluding tert-OH is 1. The average molecular weight is 485 g/mol. The van der Waals surface area contributed by atoms with Gasteiger partial charge in [-0.25, -0.2) is 0 Å². The number of likely N-dealkylation sites (tertiary alicyclic amines) is 1. The molecule has 1 saturated heterocycles. The second-order valence-electron chi connectivity index (χ2n) is 8.83. The normalized spacial score (nSPS) is 21.1. The lowest BCUT2D eigenvalue weighted by atomic mass is 10.0. The topological polar surface area (TPSA) is 137 Å². The number of rotatable bonds is 6. The van der Waals surface area contributed by atoms with Crippen molar-refractivity contribution < 1.29 is 23.8 Å². The highest BCUT2D eigenvalue weighted by molar-refractivity contribution is 8.25.